The van der Waals surface area contributed by atoms with Gasteiger partial charge in [-0.05, 0) is 5.41 Å². The Labute approximate surface area is 89.4 Å². The van der Waals surface area contributed by atoms with Gasteiger partial charge >= 0.3 is 5.97 Å². The van der Waals surface area contributed by atoms with Crippen molar-refractivity contribution >= 4 is 11.9 Å². The van der Waals surface area contributed by atoms with Crippen molar-refractivity contribution in [2.75, 3.05) is 7.11 Å². The zero-order valence-electron chi connectivity index (χ0n) is 9.46. The van der Waals surface area contributed by atoms with Crippen LogP contribution in [-0.4, -0.2) is 25.0 Å². The zero-order valence-corrected chi connectivity index (χ0v) is 9.46. The normalized spacial score (nSPS) is 12.5. The van der Waals surface area contributed by atoms with Gasteiger partial charge in [0.15, 0.2) is 0 Å². The van der Waals surface area contributed by atoms with Crippen molar-refractivity contribution in [2.24, 2.45) is 5.41 Å². The lowest BCUT2D eigenvalue weighted by Gasteiger charge is -2.28. The van der Waals surface area contributed by atoms with Crippen molar-refractivity contribution in [1.29, 1.82) is 5.26 Å². The van der Waals surface area contributed by atoms with Gasteiger partial charge in [0.2, 0.25) is 5.91 Å². The van der Waals surface area contributed by atoms with Gasteiger partial charge in [-0.1, -0.05) is 20.8 Å². The molecule has 1 unspecified atom stereocenters. The molecule has 0 aliphatic carbocycles. The van der Waals surface area contributed by atoms with Crippen LogP contribution >= 0.6 is 0 Å². The van der Waals surface area contributed by atoms with E-state index in [0.717, 1.165) is 0 Å². The summed E-state index contributed by atoms with van der Waals surface area (Å²) >= 11 is 0. The predicted octanol–water partition coefficient (Wildman–Crippen LogP) is 0.604. The lowest BCUT2D eigenvalue weighted by Crippen LogP contribution is -2.49. The molecule has 0 bridgehead atoms. The van der Waals surface area contributed by atoms with Crippen LogP contribution in [0, 0.1) is 16.7 Å². The van der Waals surface area contributed by atoms with Crippen LogP contribution < -0.4 is 5.32 Å². The first-order chi connectivity index (χ1) is 6.82. The number of ether oxygens (including phenoxy) is 1. The van der Waals surface area contributed by atoms with Crippen LogP contribution in [0.1, 0.15) is 27.2 Å². The SMILES string of the molecule is COC(=O)C(NC(=O)CC#N)C(C)(C)C. The number of carbonyl (C=O) groups excluding carboxylic acids is 2. The third-order valence-electron chi connectivity index (χ3n) is 1.85. The number of nitrogens with zero attached hydrogens (tertiary/aromatic N) is 1. The van der Waals surface area contributed by atoms with E-state index in [0.29, 0.717) is 0 Å². The molecule has 0 aliphatic heterocycles. The molecular weight excluding hydrogens is 196 g/mol. The molecule has 5 heteroatoms. The van der Waals surface area contributed by atoms with Gasteiger partial charge in [-0.2, -0.15) is 5.26 Å². The predicted molar refractivity (Wildman–Crippen MR) is 53.6 cm³/mol. The molecule has 0 aromatic rings. The minimum Gasteiger partial charge on any atom is -0.467 e. The summed E-state index contributed by atoms with van der Waals surface area (Å²) in [4.78, 5) is 22.6. The van der Waals surface area contributed by atoms with Crippen LogP contribution in [0.25, 0.3) is 0 Å². The van der Waals surface area contributed by atoms with E-state index in [-0.39, 0.29) is 6.42 Å². The lowest BCUT2D eigenvalue weighted by atomic mass is 9.86. The molecule has 0 fully saturated rings. The van der Waals surface area contributed by atoms with Gasteiger partial charge in [0, 0.05) is 0 Å². The summed E-state index contributed by atoms with van der Waals surface area (Å²) in [6.45, 7) is 5.42. The molecule has 0 saturated heterocycles. The van der Waals surface area contributed by atoms with Crippen LogP contribution in [0.2, 0.25) is 0 Å². The molecule has 0 saturated carbocycles. The van der Waals surface area contributed by atoms with E-state index in [1.54, 1.807) is 26.8 Å². The minimum atomic E-state index is -0.733. The quantitative estimate of drug-likeness (QED) is 0.695. The van der Waals surface area contributed by atoms with Crippen LogP contribution in [-0.2, 0) is 14.3 Å². The fraction of sp³-hybridized carbons (Fsp3) is 0.700. The molecule has 0 rings (SSSR count). The topological polar surface area (TPSA) is 79.2 Å². The number of amides is 1. The van der Waals surface area contributed by atoms with E-state index in [1.807, 2.05) is 0 Å². The van der Waals surface area contributed by atoms with E-state index in [9.17, 15) is 9.59 Å². The first kappa shape index (κ1) is 13.4. The molecule has 0 radical (unpaired) electrons. The Morgan fingerprint density at radius 2 is 2.00 bits per heavy atom. The monoisotopic (exact) mass is 212 g/mol. The second-order valence-corrected chi connectivity index (χ2v) is 4.22. The Morgan fingerprint density at radius 3 is 2.33 bits per heavy atom. The molecule has 5 nitrogen and oxygen atoms in total. The molecule has 0 aromatic carbocycles. The summed E-state index contributed by atoms with van der Waals surface area (Å²) in [5.74, 6) is -0.975. The Morgan fingerprint density at radius 1 is 1.47 bits per heavy atom. The van der Waals surface area contributed by atoms with E-state index in [2.05, 4.69) is 10.1 Å². The molecule has 15 heavy (non-hydrogen) atoms. The molecule has 0 heterocycles. The van der Waals surface area contributed by atoms with Gasteiger partial charge in [0.05, 0.1) is 13.2 Å². The summed E-state index contributed by atoms with van der Waals surface area (Å²) < 4.78 is 4.58. The van der Waals surface area contributed by atoms with Gasteiger partial charge in [0.25, 0.3) is 0 Å². The summed E-state index contributed by atoms with van der Waals surface area (Å²) in [6.07, 6.45) is -0.260. The van der Waals surface area contributed by atoms with Crippen molar-refractivity contribution in [2.45, 2.75) is 33.2 Å². The summed E-state index contributed by atoms with van der Waals surface area (Å²) in [5, 5.41) is 10.8. The van der Waals surface area contributed by atoms with Gasteiger partial charge in [-0.3, -0.25) is 4.79 Å². The standard InChI is InChI=1S/C10H16N2O3/c1-10(2,3)8(9(14)15-4)12-7(13)5-6-11/h8H,5H2,1-4H3,(H,12,13). The third kappa shape index (κ3) is 4.45. The zero-order chi connectivity index (χ0) is 12.1. The van der Waals surface area contributed by atoms with E-state index < -0.39 is 23.3 Å². The van der Waals surface area contributed by atoms with Crippen molar-refractivity contribution in [1.82, 2.24) is 5.32 Å². The Kier molecular flexibility index (Phi) is 4.79. The highest BCUT2D eigenvalue weighted by Gasteiger charge is 2.33. The highest BCUT2D eigenvalue weighted by atomic mass is 16.5. The summed E-state index contributed by atoms with van der Waals surface area (Å²) in [7, 11) is 1.26. The van der Waals surface area contributed by atoms with Gasteiger partial charge < -0.3 is 10.1 Å². The second-order valence-electron chi connectivity index (χ2n) is 4.22. The fourth-order valence-corrected chi connectivity index (χ4v) is 1.03. The van der Waals surface area contributed by atoms with E-state index >= 15 is 0 Å². The molecule has 0 spiro atoms. The molecule has 1 amide bonds. The molecule has 0 aromatic heterocycles. The highest BCUT2D eigenvalue weighted by molar-refractivity contribution is 5.85. The fourth-order valence-electron chi connectivity index (χ4n) is 1.03. The number of esters is 1. The number of methoxy groups -OCH3 is 1. The van der Waals surface area contributed by atoms with Gasteiger partial charge in [-0.25, -0.2) is 4.79 Å². The number of carbonyl (C=O) groups is 2. The van der Waals surface area contributed by atoms with Crippen molar-refractivity contribution in [3.05, 3.63) is 0 Å². The minimum absolute atomic E-state index is 0.260. The van der Waals surface area contributed by atoms with Crippen LogP contribution in [0.15, 0.2) is 0 Å². The molecule has 0 aliphatic rings. The Bertz CT molecular complexity index is 286. The third-order valence-corrected chi connectivity index (χ3v) is 1.85. The van der Waals surface area contributed by atoms with E-state index in [4.69, 9.17) is 5.26 Å². The average molecular weight is 212 g/mol. The Hall–Kier alpha value is -1.57. The number of nitriles is 1. The first-order valence-corrected chi connectivity index (χ1v) is 4.57. The van der Waals surface area contributed by atoms with Crippen LogP contribution in [0.4, 0.5) is 0 Å². The molecule has 1 N–H and O–H groups in total. The van der Waals surface area contributed by atoms with Crippen molar-refractivity contribution in [3.8, 4) is 6.07 Å². The van der Waals surface area contributed by atoms with E-state index in [1.165, 1.54) is 7.11 Å². The second kappa shape index (κ2) is 5.35. The molecule has 84 valence electrons. The van der Waals surface area contributed by atoms with Gasteiger partial charge in [0.1, 0.15) is 12.5 Å². The highest BCUT2D eigenvalue weighted by Crippen LogP contribution is 2.20. The Balaban J connectivity index is 4.61. The number of nitrogens with one attached hydrogen (secondary N) is 1. The van der Waals surface area contributed by atoms with Crippen molar-refractivity contribution in [3.63, 3.8) is 0 Å². The smallest absolute Gasteiger partial charge is 0.328 e. The largest absolute Gasteiger partial charge is 0.467 e. The molecule has 1 atom stereocenters. The lowest BCUT2D eigenvalue weighted by molar-refractivity contribution is -0.148. The average Bonchev–Trinajstić information content (AvgIpc) is 2.12. The number of hydrogen-bond donors (Lipinski definition) is 1. The van der Waals surface area contributed by atoms with Crippen molar-refractivity contribution < 1.29 is 14.3 Å². The maximum Gasteiger partial charge on any atom is 0.328 e. The number of rotatable bonds is 3. The maximum absolute atomic E-state index is 11.4. The summed E-state index contributed by atoms with van der Waals surface area (Å²) in [5.41, 5.74) is -0.446. The molecular formula is C10H16N2O3. The van der Waals surface area contributed by atoms with Gasteiger partial charge in [-0.15, -0.1) is 0 Å². The number of hydrogen-bond acceptors (Lipinski definition) is 4. The van der Waals surface area contributed by atoms with Crippen LogP contribution in [0.3, 0.4) is 0 Å². The van der Waals surface area contributed by atoms with Crippen LogP contribution in [0.5, 0.6) is 0 Å². The first-order valence-electron chi connectivity index (χ1n) is 4.57. The maximum atomic E-state index is 11.4. The summed E-state index contributed by atoms with van der Waals surface area (Å²) in [6, 6.07) is 0.984.